The average Bonchev–Trinajstić information content (AvgIpc) is 2.47. The number of nitrogens with one attached hydrogen (secondary N) is 1. The summed E-state index contributed by atoms with van der Waals surface area (Å²) in [5.74, 6) is 1.45. The summed E-state index contributed by atoms with van der Waals surface area (Å²) in [4.78, 5) is 11.5. The van der Waals surface area contributed by atoms with E-state index < -0.39 is 11.7 Å². The molecule has 0 spiro atoms. The Kier molecular flexibility index (Phi) is 5.36. The maximum atomic E-state index is 11.5. The van der Waals surface area contributed by atoms with Gasteiger partial charge in [-0.2, -0.15) is 5.10 Å². The van der Waals surface area contributed by atoms with Crippen molar-refractivity contribution in [2.75, 3.05) is 0 Å². The summed E-state index contributed by atoms with van der Waals surface area (Å²) in [6.45, 7) is 5.38. The maximum Gasteiger partial charge on any atom is 0.428 e. The normalized spacial score (nSPS) is 11.3. The summed E-state index contributed by atoms with van der Waals surface area (Å²) in [5, 5.41) is 3.87. The van der Waals surface area contributed by atoms with E-state index in [1.54, 1.807) is 20.8 Å². The highest BCUT2D eigenvalue weighted by Gasteiger charge is 2.15. The minimum Gasteiger partial charge on any atom is -0.457 e. The van der Waals surface area contributed by atoms with E-state index in [4.69, 9.17) is 9.47 Å². The fourth-order valence-corrected chi connectivity index (χ4v) is 1.74. The lowest BCUT2D eigenvalue weighted by atomic mass is 10.2. The highest BCUT2D eigenvalue weighted by atomic mass is 16.6. The number of carbonyl (C=O) groups is 1. The molecule has 5 heteroatoms. The van der Waals surface area contributed by atoms with E-state index in [0.29, 0.717) is 5.75 Å². The summed E-state index contributed by atoms with van der Waals surface area (Å²) in [6, 6.07) is 16.9. The number of hydrogen-bond donors (Lipinski definition) is 1. The van der Waals surface area contributed by atoms with Crippen molar-refractivity contribution in [2.24, 2.45) is 5.10 Å². The third kappa shape index (κ3) is 6.22. The van der Waals surface area contributed by atoms with Crippen LogP contribution in [0.2, 0.25) is 0 Å². The van der Waals surface area contributed by atoms with Gasteiger partial charge in [0, 0.05) is 0 Å². The van der Waals surface area contributed by atoms with Gasteiger partial charge in [-0.3, -0.25) is 0 Å². The van der Waals surface area contributed by atoms with Gasteiger partial charge in [-0.1, -0.05) is 30.3 Å². The molecule has 0 radical (unpaired) electrons. The van der Waals surface area contributed by atoms with Crippen LogP contribution in [-0.4, -0.2) is 17.9 Å². The third-order valence-electron chi connectivity index (χ3n) is 2.61. The largest absolute Gasteiger partial charge is 0.457 e. The second kappa shape index (κ2) is 7.45. The number of carbonyl (C=O) groups excluding carboxylic acids is 1. The van der Waals surface area contributed by atoms with Gasteiger partial charge in [0.1, 0.15) is 17.1 Å². The van der Waals surface area contributed by atoms with E-state index in [1.165, 1.54) is 6.21 Å². The molecule has 0 unspecified atom stereocenters. The fourth-order valence-electron chi connectivity index (χ4n) is 1.74. The molecule has 0 bridgehead atoms. The van der Waals surface area contributed by atoms with Crippen LogP contribution in [0, 0.1) is 0 Å². The molecule has 0 aliphatic rings. The Morgan fingerprint density at radius 2 is 1.74 bits per heavy atom. The van der Waals surface area contributed by atoms with E-state index in [0.717, 1.165) is 11.3 Å². The zero-order valence-corrected chi connectivity index (χ0v) is 13.4. The first kappa shape index (κ1) is 16.5. The fraction of sp³-hybridized carbons (Fsp3) is 0.222. The number of hydrogen-bond acceptors (Lipinski definition) is 4. The van der Waals surface area contributed by atoms with Gasteiger partial charge in [-0.15, -0.1) is 0 Å². The Hall–Kier alpha value is -2.82. The predicted molar refractivity (Wildman–Crippen MR) is 89.9 cm³/mol. The first-order valence-electron chi connectivity index (χ1n) is 7.27. The molecule has 0 heterocycles. The molecule has 5 nitrogen and oxygen atoms in total. The Morgan fingerprint density at radius 1 is 1.04 bits per heavy atom. The van der Waals surface area contributed by atoms with Crippen LogP contribution in [0.1, 0.15) is 26.3 Å². The SMILES string of the molecule is CC(C)(C)OC(=O)N/N=C\c1cccc(Oc2ccccc2)c1. The Labute approximate surface area is 135 Å². The van der Waals surface area contributed by atoms with Gasteiger partial charge in [0.15, 0.2) is 0 Å². The molecule has 0 atom stereocenters. The lowest BCUT2D eigenvalue weighted by molar-refractivity contribution is 0.0529. The predicted octanol–water partition coefficient (Wildman–Crippen LogP) is 4.34. The van der Waals surface area contributed by atoms with Crippen LogP contribution in [0.15, 0.2) is 59.7 Å². The number of benzene rings is 2. The van der Waals surface area contributed by atoms with Gasteiger partial charge in [0.05, 0.1) is 6.21 Å². The number of para-hydroxylation sites is 1. The average molecular weight is 312 g/mol. The number of hydrazone groups is 1. The van der Waals surface area contributed by atoms with Crippen LogP contribution < -0.4 is 10.2 Å². The Balaban J connectivity index is 1.95. The number of ether oxygens (including phenoxy) is 2. The quantitative estimate of drug-likeness (QED) is 0.675. The first-order chi connectivity index (χ1) is 10.9. The molecule has 0 aliphatic heterocycles. The highest BCUT2D eigenvalue weighted by Crippen LogP contribution is 2.21. The van der Waals surface area contributed by atoms with Gasteiger partial charge in [0.25, 0.3) is 0 Å². The molecule has 23 heavy (non-hydrogen) atoms. The summed E-state index contributed by atoms with van der Waals surface area (Å²) in [6.07, 6.45) is 0.937. The van der Waals surface area contributed by atoms with Crippen LogP contribution in [0.4, 0.5) is 4.79 Å². The maximum absolute atomic E-state index is 11.5. The molecule has 2 aromatic carbocycles. The molecule has 0 aromatic heterocycles. The minimum atomic E-state index is -0.592. The van der Waals surface area contributed by atoms with E-state index in [9.17, 15) is 4.79 Å². The van der Waals surface area contributed by atoms with Crippen molar-refractivity contribution in [1.29, 1.82) is 0 Å². The molecule has 1 N–H and O–H groups in total. The molecule has 120 valence electrons. The molecule has 0 fully saturated rings. The van der Waals surface area contributed by atoms with Crippen LogP contribution in [0.5, 0.6) is 11.5 Å². The number of amides is 1. The van der Waals surface area contributed by atoms with Crippen molar-refractivity contribution < 1.29 is 14.3 Å². The number of nitrogens with zero attached hydrogens (tertiary/aromatic N) is 1. The van der Waals surface area contributed by atoms with Crippen molar-refractivity contribution in [2.45, 2.75) is 26.4 Å². The molecule has 0 saturated carbocycles. The van der Waals surface area contributed by atoms with Crippen molar-refractivity contribution in [3.63, 3.8) is 0 Å². The summed E-state index contributed by atoms with van der Waals surface area (Å²) >= 11 is 0. The summed E-state index contributed by atoms with van der Waals surface area (Å²) in [5.41, 5.74) is 2.57. The molecule has 0 saturated heterocycles. The number of rotatable bonds is 4. The second-order valence-electron chi connectivity index (χ2n) is 5.86. The Bertz CT molecular complexity index is 676. The third-order valence-corrected chi connectivity index (χ3v) is 2.61. The molecule has 1 amide bonds. The van der Waals surface area contributed by atoms with Crippen molar-refractivity contribution >= 4 is 12.3 Å². The molecular weight excluding hydrogens is 292 g/mol. The zero-order chi connectivity index (χ0) is 16.7. The van der Waals surface area contributed by atoms with Crippen LogP contribution >= 0.6 is 0 Å². The Morgan fingerprint density at radius 3 is 2.43 bits per heavy atom. The van der Waals surface area contributed by atoms with Crippen molar-refractivity contribution in [3.8, 4) is 11.5 Å². The van der Waals surface area contributed by atoms with Crippen LogP contribution in [0.3, 0.4) is 0 Å². The van der Waals surface area contributed by atoms with E-state index in [-0.39, 0.29) is 0 Å². The van der Waals surface area contributed by atoms with Gasteiger partial charge in [0.2, 0.25) is 0 Å². The van der Waals surface area contributed by atoms with Crippen molar-refractivity contribution in [1.82, 2.24) is 5.43 Å². The summed E-state index contributed by atoms with van der Waals surface area (Å²) < 4.78 is 10.8. The van der Waals surface area contributed by atoms with Crippen LogP contribution in [-0.2, 0) is 4.74 Å². The van der Waals surface area contributed by atoms with Crippen molar-refractivity contribution in [3.05, 3.63) is 60.2 Å². The molecule has 0 aliphatic carbocycles. The topological polar surface area (TPSA) is 59.9 Å². The minimum absolute atomic E-state index is 0.553. The van der Waals surface area contributed by atoms with E-state index in [1.807, 2.05) is 54.6 Å². The highest BCUT2D eigenvalue weighted by molar-refractivity contribution is 5.81. The van der Waals surface area contributed by atoms with Crippen LogP contribution in [0.25, 0.3) is 0 Å². The summed E-state index contributed by atoms with van der Waals surface area (Å²) in [7, 11) is 0. The van der Waals surface area contributed by atoms with E-state index >= 15 is 0 Å². The van der Waals surface area contributed by atoms with Gasteiger partial charge in [-0.05, 0) is 50.6 Å². The zero-order valence-electron chi connectivity index (χ0n) is 13.4. The first-order valence-corrected chi connectivity index (χ1v) is 7.27. The van der Waals surface area contributed by atoms with Gasteiger partial charge < -0.3 is 9.47 Å². The second-order valence-corrected chi connectivity index (χ2v) is 5.86. The molecular formula is C18H20N2O3. The smallest absolute Gasteiger partial charge is 0.428 e. The van der Waals surface area contributed by atoms with Gasteiger partial charge >= 0.3 is 6.09 Å². The van der Waals surface area contributed by atoms with E-state index in [2.05, 4.69) is 10.5 Å². The molecule has 2 aromatic rings. The molecule has 2 rings (SSSR count). The van der Waals surface area contributed by atoms with Gasteiger partial charge in [-0.25, -0.2) is 10.2 Å². The lowest BCUT2D eigenvalue weighted by Crippen LogP contribution is -2.29. The monoisotopic (exact) mass is 312 g/mol. The standard InChI is InChI=1S/C18H20N2O3/c1-18(2,3)23-17(21)20-19-13-14-8-7-11-16(12-14)22-15-9-5-4-6-10-15/h4-13H,1-3H3,(H,20,21)/b19-13-. The lowest BCUT2D eigenvalue weighted by Gasteiger charge is -2.18.